The standard InChI is InChI=1S/C24H30BrN3O4S/c1-18(24(30)26-21-12-6-7-13-21)27(16-19-9-4-3-5-10-19)23(29)17-28(33(2,31)32)22-14-8-11-20(25)15-22/h3-5,8-11,14-15,18,21H,6-7,12-13,16-17H2,1-2H3,(H,26,30)/t18-/m1/s1. The Morgan fingerprint density at radius 1 is 1.09 bits per heavy atom. The van der Waals surface area contributed by atoms with E-state index in [1.165, 1.54) is 4.90 Å². The van der Waals surface area contributed by atoms with Crippen molar-refractivity contribution in [1.82, 2.24) is 10.2 Å². The second kappa shape index (κ2) is 11.2. The van der Waals surface area contributed by atoms with Gasteiger partial charge in [-0.25, -0.2) is 8.42 Å². The maximum Gasteiger partial charge on any atom is 0.244 e. The molecule has 1 aliphatic carbocycles. The molecule has 1 aliphatic rings. The fraction of sp³-hybridized carbons (Fsp3) is 0.417. The van der Waals surface area contributed by atoms with Gasteiger partial charge in [-0.2, -0.15) is 0 Å². The molecule has 2 aromatic rings. The Bertz CT molecular complexity index is 1070. The number of carbonyl (C=O) groups is 2. The van der Waals surface area contributed by atoms with Gasteiger partial charge in [0, 0.05) is 17.1 Å². The largest absolute Gasteiger partial charge is 0.352 e. The van der Waals surface area contributed by atoms with Crippen molar-refractivity contribution in [2.75, 3.05) is 17.1 Å². The molecule has 2 aromatic carbocycles. The molecular formula is C24H30BrN3O4S. The van der Waals surface area contributed by atoms with E-state index in [1.54, 1.807) is 31.2 Å². The topological polar surface area (TPSA) is 86.8 Å². The average Bonchev–Trinajstić information content (AvgIpc) is 3.28. The zero-order valence-corrected chi connectivity index (χ0v) is 21.3. The van der Waals surface area contributed by atoms with Crippen molar-refractivity contribution in [3.05, 3.63) is 64.6 Å². The summed E-state index contributed by atoms with van der Waals surface area (Å²) in [6, 6.07) is 15.5. The second-order valence-electron chi connectivity index (χ2n) is 8.42. The first-order valence-electron chi connectivity index (χ1n) is 11.0. The molecule has 33 heavy (non-hydrogen) atoms. The summed E-state index contributed by atoms with van der Waals surface area (Å²) in [7, 11) is -3.74. The SMILES string of the molecule is C[C@H](C(=O)NC1CCCC1)N(Cc1ccccc1)C(=O)CN(c1cccc(Br)c1)S(C)(=O)=O. The van der Waals surface area contributed by atoms with Crippen LogP contribution in [0.1, 0.15) is 38.2 Å². The molecule has 1 saturated carbocycles. The lowest BCUT2D eigenvalue weighted by Gasteiger charge is -2.32. The van der Waals surface area contributed by atoms with Crippen LogP contribution in [0.25, 0.3) is 0 Å². The fourth-order valence-corrected chi connectivity index (χ4v) is 5.23. The summed E-state index contributed by atoms with van der Waals surface area (Å²) in [5.74, 6) is -0.669. The van der Waals surface area contributed by atoms with Crippen molar-refractivity contribution in [2.45, 2.75) is 51.2 Å². The molecule has 0 aliphatic heterocycles. The van der Waals surface area contributed by atoms with E-state index in [4.69, 9.17) is 0 Å². The maximum atomic E-state index is 13.5. The molecule has 2 amide bonds. The molecule has 0 saturated heterocycles. The number of benzene rings is 2. The molecule has 0 unspecified atom stereocenters. The molecule has 0 radical (unpaired) electrons. The third kappa shape index (κ3) is 7.04. The lowest BCUT2D eigenvalue weighted by Crippen LogP contribution is -2.52. The van der Waals surface area contributed by atoms with Crippen molar-refractivity contribution >= 4 is 43.5 Å². The second-order valence-corrected chi connectivity index (χ2v) is 11.2. The van der Waals surface area contributed by atoms with Crippen LogP contribution in [0.5, 0.6) is 0 Å². The number of hydrogen-bond donors (Lipinski definition) is 1. The van der Waals surface area contributed by atoms with Gasteiger partial charge in [0.25, 0.3) is 0 Å². The summed E-state index contributed by atoms with van der Waals surface area (Å²) in [4.78, 5) is 27.9. The number of anilines is 1. The van der Waals surface area contributed by atoms with E-state index in [2.05, 4.69) is 21.2 Å². The van der Waals surface area contributed by atoms with Gasteiger partial charge in [0.1, 0.15) is 12.6 Å². The first kappa shape index (κ1) is 25.2. The van der Waals surface area contributed by atoms with Crippen molar-refractivity contribution in [2.24, 2.45) is 0 Å². The van der Waals surface area contributed by atoms with Crippen molar-refractivity contribution in [3.8, 4) is 0 Å². The summed E-state index contributed by atoms with van der Waals surface area (Å²) >= 11 is 3.35. The van der Waals surface area contributed by atoms with Crippen LogP contribution in [-0.2, 0) is 26.2 Å². The quantitative estimate of drug-likeness (QED) is 0.530. The molecule has 7 nitrogen and oxygen atoms in total. The number of carbonyl (C=O) groups excluding carboxylic acids is 2. The number of nitrogens with one attached hydrogen (secondary N) is 1. The highest BCUT2D eigenvalue weighted by Crippen LogP contribution is 2.23. The Balaban J connectivity index is 1.85. The number of rotatable bonds is 9. The van der Waals surface area contributed by atoms with Crippen LogP contribution in [0.2, 0.25) is 0 Å². The number of hydrogen-bond acceptors (Lipinski definition) is 4. The lowest BCUT2D eigenvalue weighted by atomic mass is 10.1. The van der Waals surface area contributed by atoms with Crippen molar-refractivity contribution < 1.29 is 18.0 Å². The molecule has 0 heterocycles. The zero-order chi connectivity index (χ0) is 24.0. The Morgan fingerprint density at radius 3 is 2.36 bits per heavy atom. The van der Waals surface area contributed by atoms with Gasteiger partial charge in [-0.15, -0.1) is 0 Å². The van der Waals surface area contributed by atoms with E-state index in [1.807, 2.05) is 30.3 Å². The van der Waals surface area contributed by atoms with Crippen LogP contribution < -0.4 is 9.62 Å². The molecule has 0 spiro atoms. The summed E-state index contributed by atoms with van der Waals surface area (Å²) in [6.45, 7) is 1.49. The van der Waals surface area contributed by atoms with Gasteiger partial charge in [-0.3, -0.25) is 13.9 Å². The predicted octanol–water partition coefficient (Wildman–Crippen LogP) is 3.69. The van der Waals surface area contributed by atoms with Gasteiger partial charge in [-0.1, -0.05) is 65.2 Å². The van der Waals surface area contributed by atoms with E-state index < -0.39 is 28.5 Å². The Morgan fingerprint density at radius 2 is 1.76 bits per heavy atom. The summed E-state index contributed by atoms with van der Waals surface area (Å²) in [5, 5.41) is 3.05. The van der Waals surface area contributed by atoms with Crippen molar-refractivity contribution in [3.63, 3.8) is 0 Å². The third-order valence-corrected chi connectivity index (χ3v) is 7.47. The van der Waals surface area contributed by atoms with E-state index in [9.17, 15) is 18.0 Å². The number of sulfonamides is 1. The molecule has 1 N–H and O–H groups in total. The first-order chi connectivity index (χ1) is 15.6. The highest BCUT2D eigenvalue weighted by atomic mass is 79.9. The van der Waals surface area contributed by atoms with Crippen LogP contribution in [0.4, 0.5) is 5.69 Å². The Kier molecular flexibility index (Phi) is 8.53. The highest BCUT2D eigenvalue weighted by Gasteiger charge is 2.31. The summed E-state index contributed by atoms with van der Waals surface area (Å²) < 4.78 is 26.9. The van der Waals surface area contributed by atoms with Gasteiger partial charge in [0.15, 0.2) is 0 Å². The number of nitrogens with zero attached hydrogens (tertiary/aromatic N) is 2. The van der Waals surface area contributed by atoms with Gasteiger partial charge in [-0.05, 0) is 43.5 Å². The summed E-state index contributed by atoms with van der Waals surface area (Å²) in [6.07, 6.45) is 5.12. The summed E-state index contributed by atoms with van der Waals surface area (Å²) in [5.41, 5.74) is 1.24. The molecule has 9 heteroatoms. The Labute approximate surface area is 204 Å². The Hall–Kier alpha value is -2.39. The molecular weight excluding hydrogens is 506 g/mol. The van der Waals surface area contributed by atoms with Gasteiger partial charge >= 0.3 is 0 Å². The van der Waals surface area contributed by atoms with Crippen LogP contribution in [-0.4, -0.2) is 50.0 Å². The molecule has 178 valence electrons. The monoisotopic (exact) mass is 535 g/mol. The van der Waals surface area contributed by atoms with Crippen LogP contribution in [0.3, 0.4) is 0 Å². The van der Waals surface area contributed by atoms with E-state index in [-0.39, 0.29) is 18.5 Å². The average molecular weight is 536 g/mol. The lowest BCUT2D eigenvalue weighted by molar-refractivity contribution is -0.139. The minimum atomic E-state index is -3.74. The minimum Gasteiger partial charge on any atom is -0.352 e. The molecule has 1 fully saturated rings. The fourth-order valence-electron chi connectivity index (χ4n) is 4.00. The third-order valence-electron chi connectivity index (χ3n) is 5.84. The first-order valence-corrected chi connectivity index (χ1v) is 13.7. The zero-order valence-electron chi connectivity index (χ0n) is 18.9. The normalized spacial score (nSPS) is 15.1. The smallest absolute Gasteiger partial charge is 0.244 e. The van der Waals surface area contributed by atoms with E-state index in [0.29, 0.717) is 10.2 Å². The van der Waals surface area contributed by atoms with Gasteiger partial charge in [0.2, 0.25) is 21.8 Å². The predicted molar refractivity (Wildman–Crippen MR) is 133 cm³/mol. The number of amides is 2. The molecule has 0 bridgehead atoms. The van der Waals surface area contributed by atoms with Gasteiger partial charge in [0.05, 0.1) is 11.9 Å². The van der Waals surface area contributed by atoms with E-state index in [0.717, 1.165) is 41.8 Å². The van der Waals surface area contributed by atoms with E-state index >= 15 is 0 Å². The van der Waals surface area contributed by atoms with Crippen LogP contribution >= 0.6 is 15.9 Å². The number of halogens is 1. The molecule has 1 atom stereocenters. The van der Waals surface area contributed by atoms with Crippen LogP contribution in [0.15, 0.2) is 59.1 Å². The maximum absolute atomic E-state index is 13.5. The highest BCUT2D eigenvalue weighted by molar-refractivity contribution is 9.10. The minimum absolute atomic E-state index is 0.128. The van der Waals surface area contributed by atoms with Crippen LogP contribution in [0, 0.1) is 0 Å². The molecule has 3 rings (SSSR count). The van der Waals surface area contributed by atoms with Gasteiger partial charge < -0.3 is 10.2 Å². The molecule has 0 aromatic heterocycles. The van der Waals surface area contributed by atoms with Crippen molar-refractivity contribution in [1.29, 1.82) is 0 Å².